The minimum absolute atomic E-state index is 0.348. The molecular formula is C17H15ClFN3O. The van der Waals surface area contributed by atoms with Crippen molar-refractivity contribution in [2.45, 2.75) is 6.92 Å². The summed E-state index contributed by atoms with van der Waals surface area (Å²) in [6.07, 6.45) is 0. The molecule has 1 heterocycles. The molecule has 3 rings (SSSR count). The van der Waals surface area contributed by atoms with Gasteiger partial charge >= 0.3 is 0 Å². The molecule has 0 bridgehead atoms. The van der Waals surface area contributed by atoms with E-state index in [4.69, 9.17) is 16.3 Å². The molecule has 0 fully saturated rings. The minimum Gasteiger partial charge on any atom is -0.495 e. The van der Waals surface area contributed by atoms with Crippen LogP contribution in [0.3, 0.4) is 0 Å². The van der Waals surface area contributed by atoms with Gasteiger partial charge in [-0.1, -0.05) is 17.7 Å². The highest BCUT2D eigenvalue weighted by Gasteiger charge is 2.11. The number of ether oxygens (including phenoxy) is 1. The van der Waals surface area contributed by atoms with Crippen LogP contribution in [-0.2, 0) is 0 Å². The second kappa shape index (κ2) is 6.30. The second-order valence-electron chi connectivity index (χ2n) is 5.03. The molecule has 4 nitrogen and oxygen atoms in total. The molecular weight excluding hydrogens is 317 g/mol. The lowest BCUT2D eigenvalue weighted by Gasteiger charge is -2.13. The molecule has 0 saturated carbocycles. The zero-order valence-corrected chi connectivity index (χ0v) is 13.4. The molecule has 0 unspecified atom stereocenters. The summed E-state index contributed by atoms with van der Waals surface area (Å²) in [5.41, 5.74) is 2.15. The number of hydrogen-bond donors (Lipinski definition) is 1. The highest BCUT2D eigenvalue weighted by Crippen LogP contribution is 2.30. The molecule has 1 N–H and O–H groups in total. The summed E-state index contributed by atoms with van der Waals surface area (Å²) in [6, 6.07) is 13.5. The fraction of sp³-hybridized carbons (Fsp3) is 0.118. The van der Waals surface area contributed by atoms with Crippen molar-refractivity contribution in [1.29, 1.82) is 0 Å². The van der Waals surface area contributed by atoms with Gasteiger partial charge in [-0.3, -0.25) is 0 Å². The zero-order valence-electron chi connectivity index (χ0n) is 12.7. The summed E-state index contributed by atoms with van der Waals surface area (Å²) in [5, 5.41) is 8.24. The number of anilines is 2. The predicted octanol–water partition coefficient (Wildman–Crippen LogP) is 4.73. The summed E-state index contributed by atoms with van der Waals surface area (Å²) >= 11 is 6.05. The molecule has 3 aromatic rings. The first-order chi connectivity index (χ1) is 11.1. The molecule has 0 aliphatic carbocycles. The Hall–Kier alpha value is -2.53. The average Bonchev–Trinajstić information content (AvgIpc) is 2.88. The Morgan fingerprint density at radius 3 is 2.74 bits per heavy atom. The number of benzene rings is 2. The summed E-state index contributed by atoms with van der Waals surface area (Å²) in [4.78, 5) is 0. The van der Waals surface area contributed by atoms with Crippen LogP contribution in [0.25, 0.3) is 5.69 Å². The first-order valence-electron chi connectivity index (χ1n) is 7.00. The maximum Gasteiger partial charge on any atom is 0.142 e. The topological polar surface area (TPSA) is 39.1 Å². The van der Waals surface area contributed by atoms with E-state index in [0.717, 1.165) is 11.4 Å². The van der Waals surface area contributed by atoms with Gasteiger partial charge in [0, 0.05) is 17.2 Å². The van der Waals surface area contributed by atoms with E-state index in [-0.39, 0.29) is 5.82 Å². The van der Waals surface area contributed by atoms with Crippen molar-refractivity contribution >= 4 is 23.1 Å². The van der Waals surface area contributed by atoms with E-state index in [2.05, 4.69) is 10.4 Å². The Morgan fingerprint density at radius 1 is 1.17 bits per heavy atom. The van der Waals surface area contributed by atoms with E-state index in [1.54, 1.807) is 16.8 Å². The van der Waals surface area contributed by atoms with Gasteiger partial charge < -0.3 is 10.1 Å². The first-order valence-corrected chi connectivity index (χ1v) is 7.38. The summed E-state index contributed by atoms with van der Waals surface area (Å²) < 4.78 is 20.5. The van der Waals surface area contributed by atoms with Gasteiger partial charge in [0.15, 0.2) is 0 Å². The van der Waals surface area contributed by atoms with Crippen molar-refractivity contribution in [3.63, 3.8) is 0 Å². The monoisotopic (exact) mass is 331 g/mol. The van der Waals surface area contributed by atoms with Crippen LogP contribution in [0.5, 0.6) is 5.75 Å². The minimum atomic E-state index is -0.348. The Balaban J connectivity index is 2.03. The summed E-state index contributed by atoms with van der Waals surface area (Å²) in [6.45, 7) is 1.88. The highest BCUT2D eigenvalue weighted by molar-refractivity contribution is 6.30. The lowest BCUT2D eigenvalue weighted by Crippen LogP contribution is -2.03. The molecule has 0 saturated heterocycles. The molecule has 0 aliphatic rings. The van der Waals surface area contributed by atoms with Gasteiger partial charge in [-0.25, -0.2) is 9.07 Å². The highest BCUT2D eigenvalue weighted by atomic mass is 35.5. The van der Waals surface area contributed by atoms with Crippen LogP contribution in [0.15, 0.2) is 48.5 Å². The molecule has 0 spiro atoms. The van der Waals surface area contributed by atoms with Crippen LogP contribution in [0.1, 0.15) is 5.69 Å². The second-order valence-corrected chi connectivity index (χ2v) is 5.47. The molecule has 1 aromatic heterocycles. The number of aryl methyl sites for hydroxylation is 1. The molecule has 2 aromatic carbocycles. The number of hydrogen-bond acceptors (Lipinski definition) is 3. The molecule has 0 amide bonds. The van der Waals surface area contributed by atoms with E-state index in [9.17, 15) is 4.39 Å². The van der Waals surface area contributed by atoms with Gasteiger partial charge in [0.1, 0.15) is 17.4 Å². The van der Waals surface area contributed by atoms with E-state index >= 15 is 0 Å². The van der Waals surface area contributed by atoms with Crippen molar-refractivity contribution < 1.29 is 9.13 Å². The number of aromatic nitrogens is 2. The zero-order chi connectivity index (χ0) is 16.4. The number of methoxy groups -OCH3 is 1. The van der Waals surface area contributed by atoms with Gasteiger partial charge in [0.25, 0.3) is 0 Å². The van der Waals surface area contributed by atoms with Crippen molar-refractivity contribution in [2.24, 2.45) is 0 Å². The normalized spacial score (nSPS) is 10.6. The average molecular weight is 332 g/mol. The van der Waals surface area contributed by atoms with Gasteiger partial charge in [-0.15, -0.1) is 0 Å². The number of halogens is 2. The van der Waals surface area contributed by atoms with Gasteiger partial charge in [-0.05, 0) is 37.3 Å². The maximum absolute atomic E-state index is 13.5. The summed E-state index contributed by atoms with van der Waals surface area (Å²) in [7, 11) is 1.54. The predicted molar refractivity (Wildman–Crippen MR) is 89.5 cm³/mol. The van der Waals surface area contributed by atoms with E-state index < -0.39 is 0 Å². The molecule has 0 atom stereocenters. The molecule has 0 aliphatic heterocycles. The van der Waals surface area contributed by atoms with E-state index in [1.165, 1.54) is 19.2 Å². The van der Waals surface area contributed by atoms with Crippen LogP contribution >= 0.6 is 11.6 Å². The van der Waals surface area contributed by atoms with Crippen LogP contribution in [0.2, 0.25) is 5.02 Å². The van der Waals surface area contributed by atoms with Gasteiger partial charge in [0.05, 0.1) is 24.2 Å². The lowest BCUT2D eigenvalue weighted by atomic mass is 10.2. The molecule has 23 heavy (non-hydrogen) atoms. The van der Waals surface area contributed by atoms with Crippen molar-refractivity contribution in [3.05, 3.63) is 65.1 Å². The third-order valence-corrected chi connectivity index (χ3v) is 3.54. The maximum atomic E-state index is 13.5. The van der Waals surface area contributed by atoms with Crippen LogP contribution in [0, 0.1) is 12.7 Å². The lowest BCUT2D eigenvalue weighted by molar-refractivity contribution is 0.415. The largest absolute Gasteiger partial charge is 0.495 e. The van der Waals surface area contributed by atoms with Crippen LogP contribution in [0.4, 0.5) is 15.9 Å². The SMILES string of the molecule is COc1ccc(F)cc1Nc1cc(C)nn1-c1cccc(Cl)c1. The van der Waals surface area contributed by atoms with Crippen LogP contribution < -0.4 is 10.1 Å². The Morgan fingerprint density at radius 2 is 2.00 bits per heavy atom. The van der Waals surface area contributed by atoms with Crippen molar-refractivity contribution in [2.75, 3.05) is 12.4 Å². The Labute approximate surface area is 138 Å². The first kappa shape index (κ1) is 15.4. The van der Waals surface area contributed by atoms with Gasteiger partial charge in [0.2, 0.25) is 0 Å². The Bertz CT molecular complexity index is 848. The fourth-order valence-corrected chi connectivity index (χ4v) is 2.49. The smallest absolute Gasteiger partial charge is 0.142 e. The Kier molecular flexibility index (Phi) is 4.21. The standard InChI is InChI=1S/C17H15ClFN3O/c1-11-8-17(20-15-10-13(19)6-7-16(15)23-2)22(21-11)14-5-3-4-12(18)9-14/h3-10,20H,1-2H3. The summed E-state index contributed by atoms with van der Waals surface area (Å²) in [5.74, 6) is 0.885. The molecule has 6 heteroatoms. The van der Waals surface area contributed by atoms with Crippen molar-refractivity contribution in [3.8, 4) is 11.4 Å². The van der Waals surface area contributed by atoms with Crippen molar-refractivity contribution in [1.82, 2.24) is 9.78 Å². The van der Waals surface area contributed by atoms with E-state index in [0.29, 0.717) is 22.3 Å². The molecule has 0 radical (unpaired) electrons. The number of rotatable bonds is 4. The third kappa shape index (κ3) is 3.29. The third-order valence-electron chi connectivity index (χ3n) is 3.31. The fourth-order valence-electron chi connectivity index (χ4n) is 2.31. The number of nitrogens with one attached hydrogen (secondary N) is 1. The van der Waals surface area contributed by atoms with E-state index in [1.807, 2.05) is 31.2 Å². The number of nitrogens with zero attached hydrogens (tertiary/aromatic N) is 2. The van der Waals surface area contributed by atoms with Crippen LogP contribution in [-0.4, -0.2) is 16.9 Å². The molecule has 118 valence electrons. The van der Waals surface area contributed by atoms with Gasteiger partial charge in [-0.2, -0.15) is 5.10 Å². The quantitative estimate of drug-likeness (QED) is 0.751.